The molecule has 0 bridgehead atoms. The first-order valence-electron chi connectivity index (χ1n) is 9.01. The maximum atomic E-state index is 13.4. The summed E-state index contributed by atoms with van der Waals surface area (Å²) >= 11 is 3.25. The van der Waals surface area contributed by atoms with Gasteiger partial charge in [0.15, 0.2) is 5.78 Å². The van der Waals surface area contributed by atoms with E-state index in [1.807, 2.05) is 0 Å². The number of ether oxygens (including phenoxy) is 2. The van der Waals surface area contributed by atoms with Crippen LogP contribution in [0.1, 0.15) is 40.0 Å². The molecule has 154 valence electrons. The van der Waals surface area contributed by atoms with Gasteiger partial charge in [-0.25, -0.2) is 4.79 Å². The molecule has 0 aliphatic carbocycles. The zero-order chi connectivity index (χ0) is 21.0. The summed E-state index contributed by atoms with van der Waals surface area (Å²) in [5.41, 5.74) is 0.567. The van der Waals surface area contributed by atoms with Gasteiger partial charge in [0.1, 0.15) is 0 Å². The molecule has 1 saturated heterocycles. The number of carbonyl (C=O) groups is 2. The first-order valence-corrected chi connectivity index (χ1v) is 9.80. The lowest BCUT2D eigenvalue weighted by atomic mass is 9.89. The highest BCUT2D eigenvalue weighted by molar-refractivity contribution is 9.10. The highest BCUT2D eigenvalue weighted by atomic mass is 79.9. The van der Waals surface area contributed by atoms with E-state index < -0.39 is 42.7 Å². The van der Waals surface area contributed by atoms with Crippen molar-refractivity contribution in [1.82, 2.24) is 0 Å². The first-order chi connectivity index (χ1) is 13.7. The third-order valence-corrected chi connectivity index (χ3v) is 5.24. The Kier molecular flexibility index (Phi) is 6.74. The molecule has 0 spiro atoms. The van der Waals surface area contributed by atoms with Gasteiger partial charge in [0.2, 0.25) is 6.29 Å². The van der Waals surface area contributed by atoms with E-state index >= 15 is 0 Å². The van der Waals surface area contributed by atoms with E-state index in [1.165, 1.54) is 24.3 Å². The highest BCUT2D eigenvalue weighted by Crippen LogP contribution is 2.40. The Morgan fingerprint density at radius 3 is 2.28 bits per heavy atom. The molecule has 3 rings (SSSR count). The molecule has 0 aromatic heterocycles. The summed E-state index contributed by atoms with van der Waals surface area (Å²) in [6.07, 6.45) is -7.90. The van der Waals surface area contributed by atoms with E-state index in [-0.39, 0.29) is 18.4 Å². The van der Waals surface area contributed by atoms with Crippen LogP contribution in [0.2, 0.25) is 0 Å². The second-order valence-corrected chi connectivity index (χ2v) is 7.65. The van der Waals surface area contributed by atoms with Crippen LogP contribution in [0.3, 0.4) is 0 Å². The molecule has 8 heteroatoms. The third-order valence-electron chi connectivity index (χ3n) is 4.71. The minimum atomic E-state index is -4.51. The van der Waals surface area contributed by atoms with Crippen molar-refractivity contribution in [2.75, 3.05) is 0 Å². The van der Waals surface area contributed by atoms with Gasteiger partial charge in [-0.1, -0.05) is 46.3 Å². The number of hydrogen-bond acceptors (Lipinski definition) is 4. The van der Waals surface area contributed by atoms with Crippen molar-refractivity contribution in [3.05, 3.63) is 70.2 Å². The molecule has 0 radical (unpaired) electrons. The van der Waals surface area contributed by atoms with Crippen molar-refractivity contribution in [1.29, 1.82) is 0 Å². The summed E-state index contributed by atoms with van der Waals surface area (Å²) in [6, 6.07) is 14.5. The monoisotopic (exact) mass is 470 g/mol. The van der Waals surface area contributed by atoms with Crippen LogP contribution in [0.5, 0.6) is 0 Å². The van der Waals surface area contributed by atoms with Gasteiger partial charge in [0, 0.05) is 22.9 Å². The fourth-order valence-corrected chi connectivity index (χ4v) is 3.47. The van der Waals surface area contributed by atoms with Crippen LogP contribution in [0.4, 0.5) is 13.2 Å². The predicted octanol–water partition coefficient (Wildman–Crippen LogP) is 5.56. The zero-order valence-electron chi connectivity index (χ0n) is 15.2. The molecule has 1 aliphatic rings. The Morgan fingerprint density at radius 1 is 1.00 bits per heavy atom. The molecule has 29 heavy (non-hydrogen) atoms. The van der Waals surface area contributed by atoms with Gasteiger partial charge in [0.25, 0.3) is 0 Å². The largest absolute Gasteiger partial charge is 0.432 e. The highest BCUT2D eigenvalue weighted by Gasteiger charge is 2.49. The smallest absolute Gasteiger partial charge is 0.394 e. The molecule has 0 saturated carbocycles. The van der Waals surface area contributed by atoms with Crippen molar-refractivity contribution in [2.45, 2.75) is 37.8 Å². The van der Waals surface area contributed by atoms with Crippen molar-refractivity contribution in [2.24, 2.45) is 5.92 Å². The summed E-state index contributed by atoms with van der Waals surface area (Å²) in [5, 5.41) is 0. The summed E-state index contributed by atoms with van der Waals surface area (Å²) in [7, 11) is 0. The topological polar surface area (TPSA) is 52.6 Å². The van der Waals surface area contributed by atoms with Crippen molar-refractivity contribution >= 4 is 27.7 Å². The summed E-state index contributed by atoms with van der Waals surface area (Å²) < 4.78 is 51.8. The van der Waals surface area contributed by atoms with Crippen LogP contribution < -0.4 is 0 Å². The number of benzene rings is 2. The van der Waals surface area contributed by atoms with Gasteiger partial charge < -0.3 is 9.47 Å². The molecule has 1 aliphatic heterocycles. The second-order valence-electron chi connectivity index (χ2n) is 6.74. The number of Topliss-reactive ketones (excluding diaryl/α,β-unsaturated/α-hetero) is 1. The number of rotatable bonds is 5. The van der Waals surface area contributed by atoms with E-state index in [9.17, 15) is 22.8 Å². The number of esters is 1. The Balaban J connectivity index is 1.71. The maximum absolute atomic E-state index is 13.4. The van der Waals surface area contributed by atoms with Crippen LogP contribution in [0.15, 0.2) is 59.1 Å². The molecule has 1 heterocycles. The first kappa shape index (κ1) is 21.5. The predicted molar refractivity (Wildman–Crippen MR) is 102 cm³/mol. The van der Waals surface area contributed by atoms with Crippen LogP contribution in [0.25, 0.3) is 0 Å². The number of halogens is 4. The van der Waals surface area contributed by atoms with Gasteiger partial charge in [-0.05, 0) is 30.7 Å². The molecular weight excluding hydrogens is 453 g/mol. The molecule has 4 nitrogen and oxygen atoms in total. The molecule has 2 aromatic rings. The number of alkyl halides is 3. The summed E-state index contributed by atoms with van der Waals surface area (Å²) in [5.74, 6) is -2.94. The molecule has 1 fully saturated rings. The van der Waals surface area contributed by atoms with Gasteiger partial charge in [-0.3, -0.25) is 4.79 Å². The fourth-order valence-electron chi connectivity index (χ4n) is 3.21. The van der Waals surface area contributed by atoms with Gasteiger partial charge >= 0.3 is 12.1 Å². The average Bonchev–Trinajstić information content (AvgIpc) is 2.68. The Labute approximate surface area is 174 Å². The molecule has 0 N–H and O–H groups in total. The van der Waals surface area contributed by atoms with E-state index in [0.717, 1.165) is 4.47 Å². The quantitative estimate of drug-likeness (QED) is 0.423. The average molecular weight is 471 g/mol. The summed E-state index contributed by atoms with van der Waals surface area (Å²) in [6.45, 7) is 0. The fraction of sp³-hybridized carbons (Fsp3) is 0.333. The summed E-state index contributed by atoms with van der Waals surface area (Å²) in [4.78, 5) is 24.7. The second kappa shape index (κ2) is 9.09. The van der Waals surface area contributed by atoms with E-state index in [1.54, 1.807) is 30.3 Å². The number of carbonyl (C=O) groups excluding carboxylic acids is 2. The van der Waals surface area contributed by atoms with E-state index in [4.69, 9.17) is 9.47 Å². The normalized spacial score (nSPS) is 22.1. The molecule has 2 aromatic carbocycles. The lowest BCUT2D eigenvalue weighted by Gasteiger charge is -2.36. The SMILES string of the molecule is O=C(CC1OC(OC(=O)c2ccccc2)CCC1C(F)(F)F)c1ccc(Br)cc1. The maximum Gasteiger partial charge on any atom is 0.394 e. The zero-order valence-corrected chi connectivity index (χ0v) is 16.8. The van der Waals surface area contributed by atoms with Gasteiger partial charge in [0.05, 0.1) is 17.6 Å². The van der Waals surface area contributed by atoms with Crippen molar-refractivity contribution < 1.29 is 32.2 Å². The standard InChI is InChI=1S/C21H18BrF3O4/c22-15-8-6-13(7-9-15)17(26)12-18-16(21(23,24)25)10-11-19(28-18)29-20(27)14-4-2-1-3-5-14/h1-9,16,18-19H,10-12H2. The van der Waals surface area contributed by atoms with Crippen LogP contribution in [-0.4, -0.2) is 30.3 Å². The minimum Gasteiger partial charge on any atom is -0.432 e. The molecule has 3 atom stereocenters. The van der Waals surface area contributed by atoms with Gasteiger partial charge in [-0.15, -0.1) is 0 Å². The number of hydrogen-bond donors (Lipinski definition) is 0. The molecule has 3 unspecified atom stereocenters. The van der Waals surface area contributed by atoms with Crippen molar-refractivity contribution in [3.8, 4) is 0 Å². The Hall–Kier alpha value is -2.19. The van der Waals surface area contributed by atoms with Gasteiger partial charge in [-0.2, -0.15) is 13.2 Å². The lowest BCUT2D eigenvalue weighted by Crippen LogP contribution is -2.45. The van der Waals surface area contributed by atoms with E-state index in [0.29, 0.717) is 5.56 Å². The third kappa shape index (κ3) is 5.67. The van der Waals surface area contributed by atoms with Crippen LogP contribution in [-0.2, 0) is 9.47 Å². The molecular formula is C21H18BrF3O4. The Bertz CT molecular complexity index is 852. The Morgan fingerprint density at radius 2 is 1.66 bits per heavy atom. The number of ketones is 1. The minimum absolute atomic E-state index is 0.0915. The van der Waals surface area contributed by atoms with Crippen molar-refractivity contribution in [3.63, 3.8) is 0 Å². The van der Waals surface area contributed by atoms with Crippen LogP contribution in [0, 0.1) is 5.92 Å². The van der Waals surface area contributed by atoms with E-state index in [2.05, 4.69) is 15.9 Å². The lowest BCUT2D eigenvalue weighted by molar-refractivity contribution is -0.259. The van der Waals surface area contributed by atoms with Crippen LogP contribution >= 0.6 is 15.9 Å². The molecule has 0 amide bonds.